The molecule has 0 bridgehead atoms. The standard InChI is InChI=1S/C12H22N2O2/c1-13-7-3-10(4-8-13)14(2)9-12(5-6-12)11(15)16/h10H,3-9H2,1-2H3,(H,15,16). The average molecular weight is 226 g/mol. The highest BCUT2D eigenvalue weighted by Gasteiger charge is 2.51. The molecule has 0 aromatic carbocycles. The topological polar surface area (TPSA) is 43.8 Å². The van der Waals surface area contributed by atoms with Crippen molar-refractivity contribution in [1.29, 1.82) is 0 Å². The van der Waals surface area contributed by atoms with Crippen molar-refractivity contribution < 1.29 is 9.90 Å². The molecular formula is C12H22N2O2. The van der Waals surface area contributed by atoms with Crippen LogP contribution in [-0.2, 0) is 4.79 Å². The average Bonchev–Trinajstić information content (AvgIpc) is 3.00. The van der Waals surface area contributed by atoms with Crippen LogP contribution in [0, 0.1) is 5.41 Å². The third-order valence-electron chi connectivity index (χ3n) is 4.17. The number of piperidine rings is 1. The summed E-state index contributed by atoms with van der Waals surface area (Å²) in [5, 5.41) is 9.16. The zero-order valence-corrected chi connectivity index (χ0v) is 10.3. The van der Waals surface area contributed by atoms with Crippen LogP contribution in [0.1, 0.15) is 25.7 Å². The smallest absolute Gasteiger partial charge is 0.310 e. The fraction of sp³-hybridized carbons (Fsp3) is 0.917. The second-order valence-corrected chi connectivity index (χ2v) is 5.54. The zero-order chi connectivity index (χ0) is 11.8. The summed E-state index contributed by atoms with van der Waals surface area (Å²) in [5.41, 5.74) is -0.405. The Kier molecular flexibility index (Phi) is 3.22. The van der Waals surface area contributed by atoms with E-state index in [1.54, 1.807) is 0 Å². The van der Waals surface area contributed by atoms with Gasteiger partial charge in [-0.1, -0.05) is 0 Å². The van der Waals surface area contributed by atoms with Crippen molar-refractivity contribution in [2.75, 3.05) is 33.7 Å². The van der Waals surface area contributed by atoms with Gasteiger partial charge >= 0.3 is 5.97 Å². The summed E-state index contributed by atoms with van der Waals surface area (Å²) in [7, 11) is 4.23. The Morgan fingerprint density at radius 2 is 2.00 bits per heavy atom. The van der Waals surface area contributed by atoms with Crippen LogP contribution in [0.2, 0.25) is 0 Å². The van der Waals surface area contributed by atoms with Gasteiger partial charge < -0.3 is 14.9 Å². The van der Waals surface area contributed by atoms with E-state index in [0.29, 0.717) is 6.04 Å². The summed E-state index contributed by atoms with van der Waals surface area (Å²) in [6, 6.07) is 0.577. The Balaban J connectivity index is 1.84. The van der Waals surface area contributed by atoms with E-state index in [4.69, 9.17) is 5.11 Å². The highest BCUT2D eigenvalue weighted by Crippen LogP contribution is 2.46. The quantitative estimate of drug-likeness (QED) is 0.773. The lowest BCUT2D eigenvalue weighted by atomic mass is 10.0. The van der Waals surface area contributed by atoms with E-state index in [2.05, 4.69) is 23.9 Å². The van der Waals surface area contributed by atoms with Crippen LogP contribution in [0.4, 0.5) is 0 Å². The number of carbonyl (C=O) groups is 1. The molecule has 2 rings (SSSR count). The summed E-state index contributed by atoms with van der Waals surface area (Å²) in [6.45, 7) is 3.00. The fourth-order valence-corrected chi connectivity index (χ4v) is 2.63. The van der Waals surface area contributed by atoms with E-state index >= 15 is 0 Å². The van der Waals surface area contributed by atoms with Crippen molar-refractivity contribution in [3.05, 3.63) is 0 Å². The molecule has 1 saturated carbocycles. The Hall–Kier alpha value is -0.610. The van der Waals surface area contributed by atoms with Gasteiger partial charge in [0, 0.05) is 12.6 Å². The summed E-state index contributed by atoms with van der Waals surface area (Å²) in [4.78, 5) is 15.7. The van der Waals surface area contributed by atoms with Gasteiger partial charge in [0.25, 0.3) is 0 Å². The molecule has 0 amide bonds. The number of aliphatic carboxylic acids is 1. The Bertz CT molecular complexity index is 268. The van der Waals surface area contributed by atoms with E-state index < -0.39 is 11.4 Å². The lowest BCUT2D eigenvalue weighted by Crippen LogP contribution is -2.44. The molecule has 0 spiro atoms. The predicted molar refractivity (Wildman–Crippen MR) is 62.5 cm³/mol. The fourth-order valence-electron chi connectivity index (χ4n) is 2.63. The summed E-state index contributed by atoms with van der Waals surface area (Å²) >= 11 is 0. The molecule has 92 valence electrons. The Morgan fingerprint density at radius 1 is 1.44 bits per heavy atom. The maximum Gasteiger partial charge on any atom is 0.310 e. The monoisotopic (exact) mass is 226 g/mol. The summed E-state index contributed by atoms with van der Waals surface area (Å²) in [5.74, 6) is -0.604. The molecule has 1 heterocycles. The molecule has 0 atom stereocenters. The second-order valence-electron chi connectivity index (χ2n) is 5.54. The van der Waals surface area contributed by atoms with E-state index in [0.717, 1.165) is 32.5 Å². The van der Waals surface area contributed by atoms with Crippen LogP contribution in [0.3, 0.4) is 0 Å². The summed E-state index contributed by atoms with van der Waals surface area (Å²) in [6.07, 6.45) is 4.06. The predicted octanol–water partition coefficient (Wildman–Crippen LogP) is 0.877. The first-order valence-electron chi connectivity index (χ1n) is 6.16. The first kappa shape index (κ1) is 11.9. The number of carboxylic acids is 1. The van der Waals surface area contributed by atoms with Crippen LogP contribution in [0.25, 0.3) is 0 Å². The van der Waals surface area contributed by atoms with Gasteiger partial charge in [0.1, 0.15) is 0 Å². The maximum absolute atomic E-state index is 11.1. The molecule has 4 nitrogen and oxygen atoms in total. The van der Waals surface area contributed by atoms with Crippen LogP contribution in [0.15, 0.2) is 0 Å². The minimum absolute atomic E-state index is 0.405. The number of nitrogens with zero attached hydrogens (tertiary/aromatic N) is 2. The molecule has 0 radical (unpaired) electrons. The first-order chi connectivity index (χ1) is 7.53. The van der Waals surface area contributed by atoms with Crippen molar-refractivity contribution in [3.8, 4) is 0 Å². The molecule has 0 aromatic heterocycles. The third-order valence-corrected chi connectivity index (χ3v) is 4.17. The molecule has 4 heteroatoms. The second kappa shape index (κ2) is 4.34. The lowest BCUT2D eigenvalue weighted by Gasteiger charge is -2.36. The molecular weight excluding hydrogens is 204 g/mol. The molecule has 0 unspecified atom stereocenters. The molecule has 2 aliphatic rings. The minimum Gasteiger partial charge on any atom is -0.481 e. The van der Waals surface area contributed by atoms with Crippen molar-refractivity contribution in [2.24, 2.45) is 5.41 Å². The van der Waals surface area contributed by atoms with E-state index in [9.17, 15) is 4.79 Å². The number of hydrogen-bond acceptors (Lipinski definition) is 3. The van der Waals surface area contributed by atoms with Gasteiger partial charge in [0.05, 0.1) is 5.41 Å². The Morgan fingerprint density at radius 3 is 2.44 bits per heavy atom. The van der Waals surface area contributed by atoms with Crippen LogP contribution < -0.4 is 0 Å². The van der Waals surface area contributed by atoms with Gasteiger partial charge in [0.15, 0.2) is 0 Å². The number of hydrogen-bond donors (Lipinski definition) is 1. The Labute approximate surface area is 97.2 Å². The molecule has 0 aromatic rings. The normalized spacial score (nSPS) is 25.9. The minimum atomic E-state index is -0.604. The van der Waals surface area contributed by atoms with Gasteiger partial charge in [-0.2, -0.15) is 0 Å². The highest BCUT2D eigenvalue weighted by atomic mass is 16.4. The van der Waals surface area contributed by atoms with Gasteiger partial charge in [-0.05, 0) is 52.9 Å². The maximum atomic E-state index is 11.1. The van der Waals surface area contributed by atoms with Crippen LogP contribution >= 0.6 is 0 Å². The SMILES string of the molecule is CN1CCC(N(C)CC2(C(=O)O)CC2)CC1. The van der Waals surface area contributed by atoms with Crippen molar-refractivity contribution in [2.45, 2.75) is 31.7 Å². The lowest BCUT2D eigenvalue weighted by molar-refractivity contribution is -0.144. The zero-order valence-electron chi connectivity index (χ0n) is 10.3. The number of carboxylic acid groups (broad SMARTS) is 1. The largest absolute Gasteiger partial charge is 0.481 e. The van der Waals surface area contributed by atoms with E-state index in [1.807, 2.05) is 0 Å². The molecule has 2 fully saturated rings. The molecule has 1 aliphatic carbocycles. The number of likely N-dealkylation sites (tertiary alicyclic amines) is 1. The summed E-state index contributed by atoms with van der Waals surface area (Å²) < 4.78 is 0. The van der Waals surface area contributed by atoms with Gasteiger partial charge in [0.2, 0.25) is 0 Å². The highest BCUT2D eigenvalue weighted by molar-refractivity contribution is 5.78. The molecule has 1 N–H and O–H groups in total. The van der Waals surface area contributed by atoms with E-state index in [1.165, 1.54) is 12.8 Å². The van der Waals surface area contributed by atoms with Crippen LogP contribution in [-0.4, -0.2) is 60.6 Å². The number of rotatable bonds is 4. The molecule has 1 saturated heterocycles. The molecule has 16 heavy (non-hydrogen) atoms. The van der Waals surface area contributed by atoms with E-state index in [-0.39, 0.29) is 0 Å². The van der Waals surface area contributed by atoms with Gasteiger partial charge in [-0.25, -0.2) is 0 Å². The van der Waals surface area contributed by atoms with Crippen molar-refractivity contribution in [3.63, 3.8) is 0 Å². The first-order valence-corrected chi connectivity index (χ1v) is 6.16. The molecule has 1 aliphatic heterocycles. The van der Waals surface area contributed by atoms with Crippen molar-refractivity contribution >= 4 is 5.97 Å². The van der Waals surface area contributed by atoms with Gasteiger partial charge in [-0.15, -0.1) is 0 Å². The van der Waals surface area contributed by atoms with Gasteiger partial charge in [-0.3, -0.25) is 4.79 Å². The van der Waals surface area contributed by atoms with Crippen molar-refractivity contribution in [1.82, 2.24) is 9.80 Å². The van der Waals surface area contributed by atoms with Crippen LogP contribution in [0.5, 0.6) is 0 Å². The third kappa shape index (κ3) is 2.38.